The Labute approximate surface area is 133 Å². The molecule has 0 saturated carbocycles. The van der Waals surface area contributed by atoms with Gasteiger partial charge in [-0.15, -0.1) is 0 Å². The van der Waals surface area contributed by atoms with Crippen LogP contribution in [0.25, 0.3) is 11.0 Å². The predicted octanol–water partition coefficient (Wildman–Crippen LogP) is 4.97. The summed E-state index contributed by atoms with van der Waals surface area (Å²) in [5.74, 6) is 0.792. The molecule has 1 unspecified atom stereocenters. The lowest BCUT2D eigenvalue weighted by Crippen LogP contribution is -2.06. The van der Waals surface area contributed by atoms with Crippen molar-refractivity contribution >= 4 is 34.9 Å². The molecule has 0 aliphatic carbocycles. The molecule has 0 amide bonds. The first-order chi connectivity index (χ1) is 10.1. The van der Waals surface area contributed by atoms with E-state index in [2.05, 4.69) is 16.5 Å². The van der Waals surface area contributed by atoms with Crippen molar-refractivity contribution in [2.45, 2.75) is 13.0 Å². The molecule has 1 N–H and O–H groups in total. The SMILES string of the molecule is COc1cccc2c1[nH]c(=S)n2C(C)c1ccc(Cl)cc1. The van der Waals surface area contributed by atoms with E-state index in [9.17, 15) is 0 Å². The number of hydrogen-bond donors (Lipinski definition) is 1. The Balaban J connectivity index is 2.18. The van der Waals surface area contributed by atoms with Crippen LogP contribution in [0, 0.1) is 4.77 Å². The molecule has 108 valence electrons. The van der Waals surface area contributed by atoms with E-state index in [0.29, 0.717) is 4.77 Å². The maximum absolute atomic E-state index is 5.96. The number of nitrogens with one attached hydrogen (secondary N) is 1. The molecule has 21 heavy (non-hydrogen) atoms. The number of halogens is 1. The summed E-state index contributed by atoms with van der Waals surface area (Å²) in [6, 6.07) is 13.9. The van der Waals surface area contributed by atoms with Crippen molar-refractivity contribution < 1.29 is 4.74 Å². The second-order valence-corrected chi connectivity index (χ2v) is 5.71. The summed E-state index contributed by atoms with van der Waals surface area (Å²) in [4.78, 5) is 3.24. The van der Waals surface area contributed by atoms with Gasteiger partial charge in [0.15, 0.2) is 4.77 Å². The van der Waals surface area contributed by atoms with Crippen LogP contribution in [-0.4, -0.2) is 16.7 Å². The molecule has 3 rings (SSSR count). The van der Waals surface area contributed by atoms with Crippen LogP contribution in [0.5, 0.6) is 5.75 Å². The van der Waals surface area contributed by atoms with Crippen molar-refractivity contribution in [1.29, 1.82) is 0 Å². The maximum atomic E-state index is 5.96. The number of rotatable bonds is 3. The van der Waals surface area contributed by atoms with E-state index < -0.39 is 0 Å². The summed E-state index contributed by atoms with van der Waals surface area (Å²) in [5.41, 5.74) is 3.10. The van der Waals surface area contributed by atoms with Crippen LogP contribution in [0.3, 0.4) is 0 Å². The van der Waals surface area contributed by atoms with Gasteiger partial charge in [-0.05, 0) is 49.0 Å². The second kappa shape index (κ2) is 5.54. The Morgan fingerprint density at radius 2 is 1.90 bits per heavy atom. The Bertz CT molecular complexity index is 836. The summed E-state index contributed by atoms with van der Waals surface area (Å²) in [6.07, 6.45) is 0. The second-order valence-electron chi connectivity index (χ2n) is 4.88. The Kier molecular flexibility index (Phi) is 3.74. The molecule has 1 atom stereocenters. The third-order valence-corrected chi connectivity index (χ3v) is 4.22. The zero-order valence-corrected chi connectivity index (χ0v) is 13.3. The fraction of sp³-hybridized carbons (Fsp3) is 0.188. The summed E-state index contributed by atoms with van der Waals surface area (Å²) in [7, 11) is 1.66. The first-order valence-electron chi connectivity index (χ1n) is 6.64. The normalized spacial score (nSPS) is 12.5. The number of hydrogen-bond acceptors (Lipinski definition) is 2. The lowest BCUT2D eigenvalue weighted by Gasteiger charge is -2.15. The number of methoxy groups -OCH3 is 1. The van der Waals surface area contributed by atoms with Gasteiger partial charge in [0.1, 0.15) is 11.3 Å². The molecular weight excluding hydrogens is 304 g/mol. The van der Waals surface area contributed by atoms with Crippen molar-refractivity contribution in [2.24, 2.45) is 0 Å². The third kappa shape index (κ3) is 2.45. The topological polar surface area (TPSA) is 29.9 Å². The smallest absolute Gasteiger partial charge is 0.178 e. The third-order valence-electron chi connectivity index (χ3n) is 3.67. The molecule has 1 aromatic heterocycles. The fourth-order valence-electron chi connectivity index (χ4n) is 2.57. The van der Waals surface area contributed by atoms with Crippen molar-refractivity contribution in [3.63, 3.8) is 0 Å². The molecule has 0 radical (unpaired) electrons. The van der Waals surface area contributed by atoms with Crippen molar-refractivity contribution in [3.8, 4) is 5.75 Å². The number of benzene rings is 2. The minimum atomic E-state index is 0.107. The van der Waals surface area contributed by atoms with E-state index in [0.717, 1.165) is 27.4 Å². The molecule has 0 saturated heterocycles. The van der Waals surface area contributed by atoms with Crippen LogP contribution < -0.4 is 4.74 Å². The van der Waals surface area contributed by atoms with E-state index in [4.69, 9.17) is 28.6 Å². The Morgan fingerprint density at radius 3 is 2.57 bits per heavy atom. The highest BCUT2D eigenvalue weighted by Crippen LogP contribution is 2.29. The van der Waals surface area contributed by atoms with Crippen LogP contribution in [0.15, 0.2) is 42.5 Å². The van der Waals surface area contributed by atoms with Gasteiger partial charge < -0.3 is 14.3 Å². The molecular formula is C16H15ClN2OS. The highest BCUT2D eigenvalue weighted by molar-refractivity contribution is 7.71. The lowest BCUT2D eigenvalue weighted by molar-refractivity contribution is 0.419. The molecule has 3 nitrogen and oxygen atoms in total. The molecule has 0 aliphatic rings. The standard InChI is InChI=1S/C16H15ClN2OS/c1-10(11-6-8-12(17)9-7-11)19-13-4-3-5-14(20-2)15(13)18-16(19)21/h3-10H,1-2H3,(H,18,21). The van der Waals surface area contributed by atoms with Gasteiger partial charge in [-0.3, -0.25) is 0 Å². The predicted molar refractivity (Wildman–Crippen MR) is 88.9 cm³/mol. The number of nitrogens with zero attached hydrogens (tertiary/aromatic N) is 1. The maximum Gasteiger partial charge on any atom is 0.178 e. The number of H-pyrrole nitrogens is 1. The summed E-state index contributed by atoms with van der Waals surface area (Å²) in [5, 5.41) is 0.732. The highest BCUT2D eigenvalue weighted by atomic mass is 35.5. The van der Waals surface area contributed by atoms with Crippen molar-refractivity contribution in [1.82, 2.24) is 9.55 Å². The van der Waals surface area contributed by atoms with Crippen molar-refractivity contribution in [3.05, 3.63) is 57.8 Å². The van der Waals surface area contributed by atoms with Gasteiger partial charge in [0.2, 0.25) is 0 Å². The van der Waals surface area contributed by atoms with E-state index in [1.54, 1.807) is 7.11 Å². The number of aromatic nitrogens is 2. The van der Waals surface area contributed by atoms with E-state index >= 15 is 0 Å². The van der Waals surface area contributed by atoms with Gasteiger partial charge >= 0.3 is 0 Å². The van der Waals surface area contributed by atoms with E-state index in [1.807, 2.05) is 42.5 Å². The van der Waals surface area contributed by atoms with Gasteiger partial charge in [-0.1, -0.05) is 29.8 Å². The summed E-state index contributed by atoms with van der Waals surface area (Å²) >= 11 is 11.4. The van der Waals surface area contributed by atoms with Gasteiger partial charge in [0.05, 0.1) is 18.7 Å². The summed E-state index contributed by atoms with van der Waals surface area (Å²) < 4.78 is 8.16. The first kappa shape index (κ1) is 14.2. The number of imidazole rings is 1. The van der Waals surface area contributed by atoms with Crippen LogP contribution >= 0.6 is 23.8 Å². The lowest BCUT2D eigenvalue weighted by atomic mass is 10.1. The van der Waals surface area contributed by atoms with Gasteiger partial charge in [-0.2, -0.15) is 0 Å². The number of ether oxygens (including phenoxy) is 1. The minimum absolute atomic E-state index is 0.107. The van der Waals surface area contributed by atoms with E-state index in [1.165, 1.54) is 0 Å². The molecule has 5 heteroatoms. The first-order valence-corrected chi connectivity index (χ1v) is 7.43. The quantitative estimate of drug-likeness (QED) is 0.691. The van der Waals surface area contributed by atoms with Gasteiger partial charge in [0, 0.05) is 5.02 Å². The number of para-hydroxylation sites is 1. The number of fused-ring (bicyclic) bond motifs is 1. The highest BCUT2D eigenvalue weighted by Gasteiger charge is 2.15. The van der Waals surface area contributed by atoms with Crippen LogP contribution in [0.2, 0.25) is 5.02 Å². The van der Waals surface area contributed by atoms with Gasteiger partial charge in [-0.25, -0.2) is 0 Å². The molecule has 0 fully saturated rings. The van der Waals surface area contributed by atoms with E-state index in [-0.39, 0.29) is 6.04 Å². The van der Waals surface area contributed by atoms with Crippen LogP contribution in [0.4, 0.5) is 0 Å². The van der Waals surface area contributed by atoms with Crippen LogP contribution in [-0.2, 0) is 0 Å². The van der Waals surface area contributed by atoms with Gasteiger partial charge in [0.25, 0.3) is 0 Å². The molecule has 1 heterocycles. The van der Waals surface area contributed by atoms with Crippen LogP contribution in [0.1, 0.15) is 18.5 Å². The average Bonchev–Trinajstić information content (AvgIpc) is 2.83. The zero-order chi connectivity index (χ0) is 15.0. The molecule has 0 bridgehead atoms. The minimum Gasteiger partial charge on any atom is -0.494 e. The average molecular weight is 319 g/mol. The number of aromatic amines is 1. The monoisotopic (exact) mass is 318 g/mol. The molecule has 0 spiro atoms. The Hall–Kier alpha value is -1.78. The fourth-order valence-corrected chi connectivity index (χ4v) is 3.05. The largest absolute Gasteiger partial charge is 0.494 e. The molecule has 2 aromatic carbocycles. The molecule has 0 aliphatic heterocycles. The molecule has 3 aromatic rings. The Morgan fingerprint density at radius 1 is 1.19 bits per heavy atom. The summed E-state index contributed by atoms with van der Waals surface area (Å²) in [6.45, 7) is 2.12. The van der Waals surface area contributed by atoms with Crippen molar-refractivity contribution in [2.75, 3.05) is 7.11 Å². The zero-order valence-electron chi connectivity index (χ0n) is 11.8.